The Labute approximate surface area is 128 Å². The van der Waals surface area contributed by atoms with E-state index in [1.54, 1.807) is 0 Å². The Morgan fingerprint density at radius 3 is 2.43 bits per heavy atom. The number of piperazine rings is 1. The third-order valence-corrected chi connectivity index (χ3v) is 4.83. The average molecular weight is 295 g/mol. The molecule has 1 N–H and O–H groups in total. The molecule has 2 saturated heterocycles. The van der Waals surface area contributed by atoms with Crippen molar-refractivity contribution in [3.05, 3.63) is 0 Å². The van der Waals surface area contributed by atoms with Gasteiger partial charge in [-0.1, -0.05) is 20.3 Å². The first-order valence-corrected chi connectivity index (χ1v) is 8.36. The molecule has 5 nitrogen and oxygen atoms in total. The molecule has 21 heavy (non-hydrogen) atoms. The average Bonchev–Trinajstić information content (AvgIpc) is 2.47. The van der Waals surface area contributed by atoms with Crippen molar-refractivity contribution >= 4 is 11.8 Å². The summed E-state index contributed by atoms with van der Waals surface area (Å²) in [6, 6.07) is -0.582. The zero-order valence-corrected chi connectivity index (χ0v) is 13.6. The second-order valence-electron chi connectivity index (χ2n) is 6.51. The molecule has 120 valence electrons. The minimum atomic E-state index is -0.309. The van der Waals surface area contributed by atoms with Gasteiger partial charge in [0.15, 0.2) is 0 Å². The maximum atomic E-state index is 12.7. The third-order valence-electron chi connectivity index (χ3n) is 4.83. The number of hydrogen-bond donors (Lipinski definition) is 1. The van der Waals surface area contributed by atoms with Crippen LogP contribution in [0, 0.1) is 5.92 Å². The molecular formula is C16H29N3O2. The lowest BCUT2D eigenvalue weighted by Crippen LogP contribution is -2.64. The molecule has 0 aromatic rings. The first-order valence-electron chi connectivity index (χ1n) is 8.36. The van der Waals surface area contributed by atoms with Crippen LogP contribution < -0.4 is 5.32 Å². The molecular weight excluding hydrogens is 266 g/mol. The van der Waals surface area contributed by atoms with Gasteiger partial charge in [-0.05, 0) is 51.7 Å². The summed E-state index contributed by atoms with van der Waals surface area (Å²) < 4.78 is 0. The van der Waals surface area contributed by atoms with E-state index >= 15 is 0 Å². The topological polar surface area (TPSA) is 52.7 Å². The van der Waals surface area contributed by atoms with Gasteiger partial charge in [0.2, 0.25) is 11.8 Å². The molecule has 2 amide bonds. The van der Waals surface area contributed by atoms with Crippen LogP contribution in [0.3, 0.4) is 0 Å². The predicted molar refractivity (Wildman–Crippen MR) is 82.9 cm³/mol. The molecule has 0 aromatic heterocycles. The van der Waals surface area contributed by atoms with E-state index < -0.39 is 0 Å². The molecule has 0 bridgehead atoms. The molecule has 2 aliphatic rings. The van der Waals surface area contributed by atoms with Crippen molar-refractivity contribution in [1.82, 2.24) is 15.1 Å². The van der Waals surface area contributed by atoms with Gasteiger partial charge >= 0.3 is 0 Å². The Hall–Kier alpha value is -1.10. The summed E-state index contributed by atoms with van der Waals surface area (Å²) in [5.74, 6) is 0.693. The van der Waals surface area contributed by atoms with Crippen LogP contribution >= 0.6 is 0 Å². The van der Waals surface area contributed by atoms with Gasteiger partial charge in [-0.3, -0.25) is 9.59 Å². The fraction of sp³-hybridized carbons (Fsp3) is 0.875. The molecule has 0 aromatic carbocycles. The zero-order valence-electron chi connectivity index (χ0n) is 13.6. The van der Waals surface area contributed by atoms with Crippen LogP contribution in [0.25, 0.3) is 0 Å². The van der Waals surface area contributed by atoms with Crippen LogP contribution in [-0.2, 0) is 9.59 Å². The molecule has 2 fully saturated rings. The van der Waals surface area contributed by atoms with Crippen molar-refractivity contribution in [3.8, 4) is 0 Å². The normalized spacial score (nSPS) is 28.8. The second kappa shape index (κ2) is 7.25. The number of carbonyl (C=O) groups is 2. The van der Waals surface area contributed by atoms with E-state index in [2.05, 4.69) is 17.3 Å². The number of hydrogen-bond acceptors (Lipinski definition) is 3. The lowest BCUT2D eigenvalue weighted by molar-refractivity contribution is -0.150. The van der Waals surface area contributed by atoms with Gasteiger partial charge < -0.3 is 15.1 Å². The van der Waals surface area contributed by atoms with Gasteiger partial charge in [0.1, 0.15) is 12.1 Å². The van der Waals surface area contributed by atoms with Gasteiger partial charge in [0, 0.05) is 6.54 Å². The van der Waals surface area contributed by atoms with Crippen LogP contribution in [0.5, 0.6) is 0 Å². The van der Waals surface area contributed by atoms with Crippen molar-refractivity contribution in [2.24, 2.45) is 5.92 Å². The van der Waals surface area contributed by atoms with E-state index in [0.29, 0.717) is 12.3 Å². The molecule has 0 spiro atoms. The summed E-state index contributed by atoms with van der Waals surface area (Å²) in [6.07, 6.45) is 4.59. The standard InChI is InChI=1S/C16H29N3O2/c1-4-6-13-16(21)19(14(5-2)15(20)17-13)11-12-7-9-18(3)10-8-12/h12-14H,4-11H2,1-3H3,(H,17,20). The van der Waals surface area contributed by atoms with E-state index in [1.165, 1.54) is 0 Å². The summed E-state index contributed by atoms with van der Waals surface area (Å²) in [7, 11) is 2.14. The number of nitrogens with zero attached hydrogens (tertiary/aromatic N) is 2. The van der Waals surface area contributed by atoms with Gasteiger partial charge in [0.05, 0.1) is 0 Å². The minimum absolute atomic E-state index is 0.0310. The van der Waals surface area contributed by atoms with Crippen molar-refractivity contribution in [1.29, 1.82) is 0 Å². The zero-order chi connectivity index (χ0) is 15.4. The number of piperidine rings is 1. The summed E-state index contributed by atoms with van der Waals surface area (Å²) in [4.78, 5) is 29.1. The van der Waals surface area contributed by atoms with Crippen LogP contribution in [0.2, 0.25) is 0 Å². The highest BCUT2D eigenvalue weighted by molar-refractivity contribution is 5.96. The summed E-state index contributed by atoms with van der Waals surface area (Å²) in [5.41, 5.74) is 0. The Balaban J connectivity index is 2.04. The van der Waals surface area contributed by atoms with E-state index in [-0.39, 0.29) is 23.9 Å². The summed E-state index contributed by atoms with van der Waals surface area (Å²) in [5, 5.41) is 2.90. The molecule has 0 aliphatic carbocycles. The number of carbonyl (C=O) groups excluding carboxylic acids is 2. The van der Waals surface area contributed by atoms with Gasteiger partial charge in [-0.15, -0.1) is 0 Å². The largest absolute Gasteiger partial charge is 0.343 e. The molecule has 2 atom stereocenters. The Morgan fingerprint density at radius 1 is 1.19 bits per heavy atom. The molecule has 2 rings (SSSR count). The lowest BCUT2D eigenvalue weighted by Gasteiger charge is -2.41. The van der Waals surface area contributed by atoms with Crippen molar-refractivity contribution in [2.45, 2.75) is 58.0 Å². The molecule has 2 heterocycles. The highest BCUT2D eigenvalue weighted by Gasteiger charge is 2.40. The van der Waals surface area contributed by atoms with Crippen LogP contribution in [0.4, 0.5) is 0 Å². The smallest absolute Gasteiger partial charge is 0.245 e. The lowest BCUT2D eigenvalue weighted by atomic mass is 9.93. The highest BCUT2D eigenvalue weighted by atomic mass is 16.2. The molecule has 0 radical (unpaired) electrons. The van der Waals surface area contributed by atoms with Crippen LogP contribution in [0.15, 0.2) is 0 Å². The van der Waals surface area contributed by atoms with E-state index in [9.17, 15) is 9.59 Å². The molecule has 0 saturated carbocycles. The number of nitrogens with one attached hydrogen (secondary N) is 1. The number of amides is 2. The fourth-order valence-corrected chi connectivity index (χ4v) is 3.46. The fourth-order valence-electron chi connectivity index (χ4n) is 3.46. The summed E-state index contributed by atoms with van der Waals surface area (Å²) >= 11 is 0. The Bertz CT molecular complexity index is 378. The van der Waals surface area contributed by atoms with Crippen LogP contribution in [0.1, 0.15) is 46.0 Å². The van der Waals surface area contributed by atoms with Crippen molar-refractivity contribution in [3.63, 3.8) is 0 Å². The van der Waals surface area contributed by atoms with Gasteiger partial charge in [-0.2, -0.15) is 0 Å². The maximum Gasteiger partial charge on any atom is 0.245 e. The van der Waals surface area contributed by atoms with Crippen molar-refractivity contribution < 1.29 is 9.59 Å². The molecule has 2 aliphatic heterocycles. The monoisotopic (exact) mass is 295 g/mol. The maximum absolute atomic E-state index is 12.7. The summed E-state index contributed by atoms with van der Waals surface area (Å²) in [6.45, 7) is 6.97. The molecule has 2 unspecified atom stereocenters. The Kier molecular flexibility index (Phi) is 5.62. The van der Waals surface area contributed by atoms with Gasteiger partial charge in [-0.25, -0.2) is 0 Å². The van der Waals surface area contributed by atoms with E-state index in [4.69, 9.17) is 0 Å². The minimum Gasteiger partial charge on any atom is -0.343 e. The van der Waals surface area contributed by atoms with E-state index in [1.807, 2.05) is 18.7 Å². The second-order valence-corrected chi connectivity index (χ2v) is 6.51. The van der Waals surface area contributed by atoms with Gasteiger partial charge in [0.25, 0.3) is 0 Å². The van der Waals surface area contributed by atoms with Crippen molar-refractivity contribution in [2.75, 3.05) is 26.7 Å². The SMILES string of the molecule is CCCC1NC(=O)C(CC)N(CC2CCN(C)CC2)C1=O. The Morgan fingerprint density at radius 2 is 1.86 bits per heavy atom. The number of rotatable bonds is 5. The third kappa shape index (κ3) is 3.76. The first-order chi connectivity index (χ1) is 10.1. The highest BCUT2D eigenvalue weighted by Crippen LogP contribution is 2.22. The molecule has 5 heteroatoms. The van der Waals surface area contributed by atoms with Crippen LogP contribution in [-0.4, -0.2) is 60.4 Å². The first kappa shape index (κ1) is 16.3. The predicted octanol–water partition coefficient (Wildman–Crippen LogP) is 1.23. The van der Waals surface area contributed by atoms with E-state index in [0.717, 1.165) is 45.3 Å². The number of likely N-dealkylation sites (tertiary alicyclic amines) is 1. The quantitative estimate of drug-likeness (QED) is 0.830.